The zero-order valence-electron chi connectivity index (χ0n) is 11.6. The number of rotatable bonds is 6. The smallest absolute Gasteiger partial charge is 0.234 e. The van der Waals surface area contributed by atoms with Crippen molar-refractivity contribution < 1.29 is 14.7 Å². The number of hydrogen-bond acceptors (Lipinski definition) is 6. The van der Waals surface area contributed by atoms with Crippen LogP contribution in [0.15, 0.2) is 23.4 Å². The molecule has 0 aliphatic heterocycles. The predicted molar refractivity (Wildman–Crippen MR) is 80.9 cm³/mol. The van der Waals surface area contributed by atoms with Crippen LogP contribution in [0.2, 0.25) is 5.02 Å². The van der Waals surface area contributed by atoms with E-state index in [0.29, 0.717) is 10.8 Å². The highest BCUT2D eigenvalue weighted by atomic mass is 35.5. The van der Waals surface area contributed by atoms with Gasteiger partial charge in [-0.15, -0.1) is 5.10 Å². The highest BCUT2D eigenvalue weighted by Gasteiger charge is 2.09. The Kier molecular flexibility index (Phi) is 5.40. The number of aromatic amines is 1. The lowest BCUT2D eigenvalue weighted by atomic mass is 10.2. The second kappa shape index (κ2) is 7.28. The molecule has 1 aromatic heterocycles. The number of thioether (sulfide) groups is 1. The van der Waals surface area contributed by atoms with E-state index in [4.69, 9.17) is 11.6 Å². The summed E-state index contributed by atoms with van der Waals surface area (Å²) in [7, 11) is 0. The van der Waals surface area contributed by atoms with Gasteiger partial charge in [0.15, 0.2) is 0 Å². The molecule has 9 heteroatoms. The monoisotopic (exact) mass is 339 g/mol. The van der Waals surface area contributed by atoms with Crippen molar-refractivity contribution in [3.8, 4) is 0 Å². The quantitative estimate of drug-likeness (QED) is 0.763. The number of aromatic carboxylic acids is 1. The van der Waals surface area contributed by atoms with Gasteiger partial charge in [0.05, 0.1) is 16.7 Å². The summed E-state index contributed by atoms with van der Waals surface area (Å²) in [4.78, 5) is 26.7. The number of hydrogen-bond donors (Lipinski definition) is 2. The van der Waals surface area contributed by atoms with Gasteiger partial charge in [-0.05, 0) is 18.2 Å². The van der Waals surface area contributed by atoms with Crippen molar-refractivity contribution >= 4 is 40.9 Å². The predicted octanol–water partition coefficient (Wildman–Crippen LogP) is 1.11. The van der Waals surface area contributed by atoms with Crippen LogP contribution in [0.3, 0.4) is 0 Å². The number of aryl methyl sites for hydroxylation is 1. The Balaban J connectivity index is 1.91. The Morgan fingerprint density at radius 2 is 2.23 bits per heavy atom. The largest absolute Gasteiger partial charge is 0.545 e. The van der Waals surface area contributed by atoms with E-state index in [1.807, 2.05) is 6.92 Å². The fourth-order valence-electron chi connectivity index (χ4n) is 1.59. The first-order chi connectivity index (χ1) is 10.5. The summed E-state index contributed by atoms with van der Waals surface area (Å²) in [5.41, 5.74) is 0.284. The molecule has 0 aliphatic carbocycles. The molecular formula is C13H12ClN4O3S-. The molecule has 2 rings (SSSR count). The third-order valence-corrected chi connectivity index (χ3v) is 3.81. The average molecular weight is 340 g/mol. The SMILES string of the molecule is CCc1nc(SCC(=O)Nc2ccc(C(=O)[O-])c(Cl)c2)n[nH]1. The standard InChI is InChI=1S/C13H13ClN4O3S/c1-2-10-16-13(18-17-10)22-6-11(19)15-7-3-4-8(12(20)21)9(14)5-7/h3-5H,2,6H2,1H3,(H,15,19)(H,20,21)(H,16,17,18)/p-1. The van der Waals surface area contributed by atoms with E-state index in [2.05, 4.69) is 20.5 Å². The van der Waals surface area contributed by atoms with Crippen LogP contribution in [-0.2, 0) is 11.2 Å². The normalized spacial score (nSPS) is 10.5. The van der Waals surface area contributed by atoms with Crippen molar-refractivity contribution in [2.45, 2.75) is 18.5 Å². The maximum Gasteiger partial charge on any atom is 0.234 e. The van der Waals surface area contributed by atoms with Crippen LogP contribution in [0, 0.1) is 0 Å². The number of carboxylic acid groups (broad SMARTS) is 1. The van der Waals surface area contributed by atoms with Crippen LogP contribution in [-0.4, -0.2) is 32.8 Å². The number of H-pyrrole nitrogens is 1. The van der Waals surface area contributed by atoms with Crippen molar-refractivity contribution in [3.63, 3.8) is 0 Å². The minimum absolute atomic E-state index is 0.00649. The third-order valence-electron chi connectivity index (χ3n) is 2.65. The molecule has 1 aromatic carbocycles. The number of benzene rings is 1. The Hall–Kier alpha value is -2.06. The van der Waals surface area contributed by atoms with Gasteiger partial charge >= 0.3 is 0 Å². The summed E-state index contributed by atoms with van der Waals surface area (Å²) >= 11 is 6.99. The fourth-order valence-corrected chi connectivity index (χ4v) is 2.46. The number of aromatic nitrogens is 3. The molecule has 0 spiro atoms. The van der Waals surface area contributed by atoms with Crippen LogP contribution < -0.4 is 10.4 Å². The second-order valence-electron chi connectivity index (χ2n) is 4.24. The van der Waals surface area contributed by atoms with Gasteiger partial charge in [0.1, 0.15) is 5.82 Å². The molecule has 0 aliphatic rings. The maximum absolute atomic E-state index is 11.8. The first-order valence-electron chi connectivity index (χ1n) is 6.34. The van der Waals surface area contributed by atoms with Crippen LogP contribution in [0.5, 0.6) is 0 Å². The van der Waals surface area contributed by atoms with E-state index in [1.165, 1.54) is 30.0 Å². The zero-order valence-corrected chi connectivity index (χ0v) is 13.1. The van der Waals surface area contributed by atoms with Crippen LogP contribution >= 0.6 is 23.4 Å². The molecule has 7 nitrogen and oxygen atoms in total. The van der Waals surface area contributed by atoms with Gasteiger partial charge in [-0.3, -0.25) is 9.89 Å². The lowest BCUT2D eigenvalue weighted by Gasteiger charge is -2.08. The molecule has 0 atom stereocenters. The van der Waals surface area contributed by atoms with Gasteiger partial charge in [0.2, 0.25) is 11.1 Å². The number of amides is 1. The summed E-state index contributed by atoms with van der Waals surface area (Å²) in [5, 5.41) is 20.6. The first-order valence-corrected chi connectivity index (χ1v) is 7.70. The number of carboxylic acids is 1. The van der Waals surface area contributed by atoms with Crippen LogP contribution in [0.1, 0.15) is 23.1 Å². The molecule has 0 saturated heterocycles. The summed E-state index contributed by atoms with van der Waals surface area (Å²) in [5.74, 6) is -0.756. The highest BCUT2D eigenvalue weighted by molar-refractivity contribution is 7.99. The van der Waals surface area contributed by atoms with E-state index < -0.39 is 5.97 Å². The van der Waals surface area contributed by atoms with Crippen molar-refractivity contribution in [2.75, 3.05) is 11.1 Å². The van der Waals surface area contributed by atoms with Gasteiger partial charge < -0.3 is 15.2 Å². The van der Waals surface area contributed by atoms with E-state index in [9.17, 15) is 14.7 Å². The van der Waals surface area contributed by atoms with Crippen molar-refractivity contribution in [1.82, 2.24) is 15.2 Å². The lowest BCUT2D eigenvalue weighted by Crippen LogP contribution is -2.22. The minimum atomic E-state index is -1.37. The van der Waals surface area contributed by atoms with E-state index in [1.54, 1.807) is 0 Å². The maximum atomic E-state index is 11.8. The summed E-state index contributed by atoms with van der Waals surface area (Å²) < 4.78 is 0. The second-order valence-corrected chi connectivity index (χ2v) is 5.59. The molecule has 0 fully saturated rings. The molecule has 1 amide bonds. The topological polar surface area (TPSA) is 111 Å². The van der Waals surface area contributed by atoms with Gasteiger partial charge in [-0.1, -0.05) is 30.3 Å². The zero-order chi connectivity index (χ0) is 16.1. The first kappa shape index (κ1) is 16.3. The van der Waals surface area contributed by atoms with Crippen molar-refractivity contribution in [1.29, 1.82) is 0 Å². The summed E-state index contributed by atoms with van der Waals surface area (Å²) in [6.07, 6.45) is 0.739. The fraction of sp³-hybridized carbons (Fsp3) is 0.231. The van der Waals surface area contributed by atoms with Crippen molar-refractivity contribution in [3.05, 3.63) is 34.6 Å². The number of carbonyl (C=O) groups excluding carboxylic acids is 2. The molecule has 0 bridgehead atoms. The Morgan fingerprint density at radius 3 is 2.82 bits per heavy atom. The van der Waals surface area contributed by atoms with Gasteiger partial charge in [-0.2, -0.15) is 0 Å². The molecule has 0 radical (unpaired) electrons. The molecule has 0 saturated carbocycles. The number of carbonyl (C=O) groups is 2. The van der Waals surface area contributed by atoms with Crippen LogP contribution in [0.25, 0.3) is 0 Å². The number of nitrogens with one attached hydrogen (secondary N) is 2. The molecule has 1 heterocycles. The van der Waals surface area contributed by atoms with E-state index >= 15 is 0 Å². The molecule has 116 valence electrons. The van der Waals surface area contributed by atoms with Gasteiger partial charge in [0.25, 0.3) is 0 Å². The Morgan fingerprint density at radius 1 is 1.45 bits per heavy atom. The van der Waals surface area contributed by atoms with Crippen molar-refractivity contribution in [2.24, 2.45) is 0 Å². The summed E-state index contributed by atoms with van der Waals surface area (Å²) in [6, 6.07) is 4.09. The third kappa shape index (κ3) is 4.22. The molecule has 2 N–H and O–H groups in total. The molecule has 22 heavy (non-hydrogen) atoms. The highest BCUT2D eigenvalue weighted by Crippen LogP contribution is 2.21. The number of anilines is 1. The van der Waals surface area contributed by atoms with Gasteiger partial charge in [-0.25, -0.2) is 4.98 Å². The Labute approximate surface area is 135 Å². The number of halogens is 1. The molecule has 0 unspecified atom stereocenters. The molecular weight excluding hydrogens is 328 g/mol. The minimum Gasteiger partial charge on any atom is -0.545 e. The summed E-state index contributed by atoms with van der Waals surface area (Å²) in [6.45, 7) is 1.95. The van der Waals surface area contributed by atoms with Gasteiger partial charge in [0, 0.05) is 17.7 Å². The average Bonchev–Trinajstić information content (AvgIpc) is 2.93. The lowest BCUT2D eigenvalue weighted by molar-refractivity contribution is -0.255. The van der Waals surface area contributed by atoms with E-state index in [-0.39, 0.29) is 22.2 Å². The van der Waals surface area contributed by atoms with E-state index in [0.717, 1.165) is 12.2 Å². The molecule has 2 aromatic rings. The number of nitrogens with zero attached hydrogens (tertiary/aromatic N) is 2. The van der Waals surface area contributed by atoms with Crippen LogP contribution in [0.4, 0.5) is 5.69 Å². The Bertz CT molecular complexity index is 704.